The average Bonchev–Trinajstić information content (AvgIpc) is 2.38. The van der Waals surface area contributed by atoms with Crippen molar-refractivity contribution in [3.8, 4) is 11.5 Å². The smallest absolute Gasteiger partial charge is 0.471 e. The predicted octanol–water partition coefficient (Wildman–Crippen LogP) is 2.39. The van der Waals surface area contributed by atoms with Gasteiger partial charge in [0.15, 0.2) is 16.5 Å². The highest BCUT2D eigenvalue weighted by Crippen LogP contribution is 2.31. The minimum Gasteiger partial charge on any atom is -0.493 e. The summed E-state index contributed by atoms with van der Waals surface area (Å²) in [6, 6.07) is 4.79. The molecule has 1 N–H and O–H groups in total. The Labute approximate surface area is 98.7 Å². The number of aliphatic hydroxyl groups excluding tert-OH is 1. The highest BCUT2D eigenvalue weighted by molar-refractivity contribution is 5.72. The fourth-order valence-corrected chi connectivity index (χ4v) is 1.30. The molecule has 0 unspecified atom stereocenters. The van der Waals surface area contributed by atoms with E-state index in [1.165, 1.54) is 21.3 Å². The van der Waals surface area contributed by atoms with Crippen LogP contribution < -0.4 is 9.47 Å². The van der Waals surface area contributed by atoms with Gasteiger partial charge in [-0.3, -0.25) is 0 Å². The van der Waals surface area contributed by atoms with Crippen LogP contribution in [-0.4, -0.2) is 26.4 Å². The van der Waals surface area contributed by atoms with E-state index in [0.29, 0.717) is 17.1 Å². The first kappa shape index (κ1) is 12.6. The molecule has 0 aromatic heterocycles. The molecule has 0 bridgehead atoms. The number of aliphatic hydroxyl groups is 1. The number of benzene rings is 1. The van der Waals surface area contributed by atoms with Crippen molar-refractivity contribution in [3.63, 3.8) is 0 Å². The fraction of sp³-hybridized carbons (Fsp3) is 0.273. The van der Waals surface area contributed by atoms with Gasteiger partial charge in [-0.15, -0.1) is 0 Å². The lowest BCUT2D eigenvalue weighted by atomic mass is 10.1. The summed E-state index contributed by atoms with van der Waals surface area (Å²) in [6.45, 7) is 0. The van der Waals surface area contributed by atoms with Crippen molar-refractivity contribution in [1.29, 1.82) is 5.39 Å². The summed E-state index contributed by atoms with van der Waals surface area (Å²) in [5, 5.41) is 18.2. The lowest BCUT2D eigenvalue weighted by Gasteiger charge is -2.06. The number of rotatable bonds is 4. The zero-order valence-electron chi connectivity index (χ0n) is 9.80. The summed E-state index contributed by atoms with van der Waals surface area (Å²) < 4.78 is 14.8. The Morgan fingerprint density at radius 1 is 1.18 bits per heavy atom. The van der Waals surface area contributed by atoms with Crippen molar-refractivity contribution >= 4 is 5.70 Å². The maximum Gasteiger partial charge on any atom is 0.471 e. The molecule has 6 nitrogen and oxygen atoms in total. The number of hydrogen-bond donors (Lipinski definition) is 1. The number of methoxy groups -OCH3 is 3. The van der Waals surface area contributed by atoms with Crippen molar-refractivity contribution in [1.82, 2.24) is 0 Å². The number of nitrogens with zero attached hydrogens (tertiary/aromatic N) is 2. The molecule has 1 aromatic carbocycles. The molecular weight excluding hydrogens is 224 g/mol. The zero-order chi connectivity index (χ0) is 12.8. The van der Waals surface area contributed by atoms with Crippen molar-refractivity contribution in [2.24, 2.45) is 0 Å². The highest BCUT2D eigenvalue weighted by Gasteiger charge is 2.24. The van der Waals surface area contributed by atoms with Crippen LogP contribution in [-0.2, 0) is 4.74 Å². The van der Waals surface area contributed by atoms with E-state index in [1.54, 1.807) is 18.2 Å². The third-order valence-corrected chi connectivity index (χ3v) is 2.15. The minimum atomic E-state index is -0.486. The second-order valence-corrected chi connectivity index (χ2v) is 3.03. The molecule has 0 atom stereocenters. The largest absolute Gasteiger partial charge is 0.493 e. The summed E-state index contributed by atoms with van der Waals surface area (Å²) >= 11 is 0. The molecule has 0 saturated carbocycles. The Kier molecular flexibility index (Phi) is 4.17. The van der Waals surface area contributed by atoms with Crippen molar-refractivity contribution in [3.05, 3.63) is 34.7 Å². The van der Waals surface area contributed by atoms with E-state index in [9.17, 15) is 5.11 Å². The molecule has 0 aliphatic carbocycles. The molecule has 0 aliphatic rings. The van der Waals surface area contributed by atoms with E-state index in [0.717, 1.165) is 0 Å². The standard InChI is InChI=1S/C11H12N2O4/c1-15-8-5-4-7(6-9(8)16-2)10(13-12)11(14)17-3/h4-6H,1-3H3/p+1/b11-10-. The molecule has 0 aliphatic heterocycles. The van der Waals surface area contributed by atoms with Gasteiger partial charge < -0.3 is 19.3 Å². The van der Waals surface area contributed by atoms with Gasteiger partial charge in [-0.05, 0) is 18.2 Å². The summed E-state index contributed by atoms with van der Waals surface area (Å²) in [7, 11) is 4.26. The molecule has 17 heavy (non-hydrogen) atoms. The van der Waals surface area contributed by atoms with Gasteiger partial charge in [-0.25, -0.2) is 0 Å². The monoisotopic (exact) mass is 237 g/mol. The van der Waals surface area contributed by atoms with Crippen LogP contribution in [0, 0.1) is 5.39 Å². The van der Waals surface area contributed by atoms with Gasteiger partial charge in [-0.1, -0.05) is 0 Å². The quantitative estimate of drug-likeness (QED) is 0.642. The maximum absolute atomic E-state index is 9.39. The second-order valence-electron chi connectivity index (χ2n) is 3.03. The van der Waals surface area contributed by atoms with Gasteiger partial charge >= 0.3 is 11.6 Å². The lowest BCUT2D eigenvalue weighted by Crippen LogP contribution is -1.94. The van der Waals surface area contributed by atoms with Crippen LogP contribution >= 0.6 is 0 Å². The molecule has 0 heterocycles. The fourth-order valence-electron chi connectivity index (χ4n) is 1.30. The van der Waals surface area contributed by atoms with Crippen LogP contribution in [0.25, 0.3) is 10.7 Å². The number of ether oxygens (including phenoxy) is 3. The lowest BCUT2D eigenvalue weighted by molar-refractivity contribution is 0.139. The van der Waals surface area contributed by atoms with E-state index in [-0.39, 0.29) is 5.70 Å². The molecule has 90 valence electrons. The van der Waals surface area contributed by atoms with Gasteiger partial charge in [0.1, 0.15) is 0 Å². The molecule has 0 fully saturated rings. The van der Waals surface area contributed by atoms with Gasteiger partial charge in [0, 0.05) is 0 Å². The van der Waals surface area contributed by atoms with Crippen LogP contribution in [0.3, 0.4) is 0 Å². The predicted molar refractivity (Wildman–Crippen MR) is 61.2 cm³/mol. The Hall–Kier alpha value is -2.42. The molecule has 1 aromatic rings. The second kappa shape index (κ2) is 5.61. The molecule has 0 saturated heterocycles. The molecule has 0 spiro atoms. The van der Waals surface area contributed by atoms with Crippen LogP contribution in [0.2, 0.25) is 0 Å². The van der Waals surface area contributed by atoms with Gasteiger partial charge in [0.05, 0.1) is 26.9 Å². The summed E-state index contributed by atoms with van der Waals surface area (Å²) in [6.07, 6.45) is 0. The molecule has 0 amide bonds. The molecule has 6 heteroatoms. The number of hydrogen-bond acceptors (Lipinski definition) is 5. The molecule has 0 radical (unpaired) electrons. The normalized spacial score (nSPS) is 11.2. The topological polar surface area (TPSA) is 76.1 Å². The van der Waals surface area contributed by atoms with Crippen LogP contribution in [0.15, 0.2) is 24.1 Å². The van der Waals surface area contributed by atoms with Crippen molar-refractivity contribution in [2.75, 3.05) is 21.3 Å². The Balaban J connectivity index is 3.29. The third kappa shape index (κ3) is 2.58. The van der Waals surface area contributed by atoms with E-state index in [2.05, 4.69) is 9.71 Å². The van der Waals surface area contributed by atoms with E-state index >= 15 is 0 Å². The van der Waals surface area contributed by atoms with Crippen LogP contribution in [0.1, 0.15) is 5.56 Å². The Bertz CT molecular complexity index is 477. The van der Waals surface area contributed by atoms with Gasteiger partial charge in [-0.2, -0.15) is 0 Å². The van der Waals surface area contributed by atoms with Crippen molar-refractivity contribution in [2.45, 2.75) is 0 Å². The van der Waals surface area contributed by atoms with Crippen LogP contribution in [0.5, 0.6) is 11.5 Å². The molecule has 1 rings (SSSR count). The Morgan fingerprint density at radius 2 is 1.82 bits per heavy atom. The first-order valence-corrected chi connectivity index (χ1v) is 4.72. The maximum atomic E-state index is 9.39. The molecular formula is C11H13N2O4+. The van der Waals surface area contributed by atoms with E-state index in [1.807, 2.05) is 0 Å². The summed E-state index contributed by atoms with van der Waals surface area (Å²) in [5.74, 6) is 0.500. The highest BCUT2D eigenvalue weighted by atomic mass is 16.6. The van der Waals surface area contributed by atoms with Gasteiger partial charge in [0.2, 0.25) is 5.39 Å². The van der Waals surface area contributed by atoms with Crippen LogP contribution in [0.4, 0.5) is 0 Å². The summed E-state index contributed by atoms with van der Waals surface area (Å²) in [4.78, 5) is 2.97. The first-order valence-electron chi connectivity index (χ1n) is 4.72. The van der Waals surface area contributed by atoms with E-state index < -0.39 is 5.95 Å². The SMILES string of the molecule is CO/C(O)=C(\[N+]#N)c1ccc(OC)c(OC)c1. The summed E-state index contributed by atoms with van der Waals surface area (Å²) in [5.41, 5.74) is 0.345. The van der Waals surface area contributed by atoms with E-state index in [4.69, 9.17) is 14.9 Å². The van der Waals surface area contributed by atoms with Crippen molar-refractivity contribution < 1.29 is 19.3 Å². The zero-order valence-corrected chi connectivity index (χ0v) is 9.80. The number of diazo groups is 1. The first-order chi connectivity index (χ1) is 8.17. The average molecular weight is 237 g/mol. The Morgan fingerprint density at radius 3 is 2.29 bits per heavy atom. The van der Waals surface area contributed by atoms with Gasteiger partial charge in [0.25, 0.3) is 0 Å². The third-order valence-electron chi connectivity index (χ3n) is 2.15. The minimum absolute atomic E-state index is 0.0894.